The predicted octanol–water partition coefficient (Wildman–Crippen LogP) is 2.06. The third-order valence-electron chi connectivity index (χ3n) is 3.82. The van der Waals surface area contributed by atoms with E-state index in [0.717, 1.165) is 12.3 Å². The minimum absolute atomic E-state index is 1.04. The van der Waals surface area contributed by atoms with Gasteiger partial charge in [-0.05, 0) is 37.7 Å². The highest BCUT2D eigenvalue weighted by Crippen LogP contribution is 2.30. The van der Waals surface area contributed by atoms with Crippen molar-refractivity contribution in [2.75, 3.05) is 32.7 Å². The molecular weight excluding hydrogens is 196 g/mol. The molecule has 0 spiro atoms. The summed E-state index contributed by atoms with van der Waals surface area (Å²) in [4.78, 5) is 5.18. The van der Waals surface area contributed by atoms with Crippen LogP contribution in [0, 0.1) is 12.3 Å². The van der Waals surface area contributed by atoms with E-state index < -0.39 is 0 Å². The normalized spacial score (nSPS) is 27.0. The molecule has 2 nitrogen and oxygen atoms in total. The molecule has 1 aliphatic heterocycles. The van der Waals surface area contributed by atoms with Crippen LogP contribution >= 0.6 is 0 Å². The first-order valence-corrected chi connectivity index (χ1v) is 6.59. The van der Waals surface area contributed by atoms with Crippen LogP contribution in [0.25, 0.3) is 0 Å². The van der Waals surface area contributed by atoms with Gasteiger partial charge in [0.15, 0.2) is 0 Å². The molecule has 0 aromatic heterocycles. The zero-order valence-electron chi connectivity index (χ0n) is 9.94. The lowest BCUT2D eigenvalue weighted by molar-refractivity contribution is 0.156. The van der Waals surface area contributed by atoms with Crippen molar-refractivity contribution in [3.8, 4) is 0 Å². The van der Waals surface area contributed by atoms with Gasteiger partial charge < -0.3 is 4.90 Å². The average molecular weight is 217 g/mol. The summed E-state index contributed by atoms with van der Waals surface area (Å²) in [7, 11) is 0. The summed E-state index contributed by atoms with van der Waals surface area (Å²) in [6.07, 6.45) is 13.1. The van der Waals surface area contributed by atoms with E-state index in [-0.39, 0.29) is 0 Å². The molecule has 2 fully saturated rings. The largest absolute Gasteiger partial charge is 0.369 e. The van der Waals surface area contributed by atoms with E-state index in [9.17, 15) is 0 Å². The molecule has 0 atom stereocenters. The number of allylic oxidation sites excluding steroid dienone is 3. The molecule has 1 radical (unpaired) electrons. The number of hydrogen-bond acceptors (Lipinski definition) is 2. The fourth-order valence-corrected chi connectivity index (χ4v) is 2.59. The van der Waals surface area contributed by atoms with Crippen molar-refractivity contribution in [3.05, 3.63) is 30.3 Å². The number of nitrogens with zero attached hydrogens (tertiary/aromatic N) is 2. The lowest BCUT2D eigenvalue weighted by atomic mass is 10.1. The second-order valence-corrected chi connectivity index (χ2v) is 5.19. The summed E-state index contributed by atoms with van der Waals surface area (Å²) in [6.45, 7) is 6.29. The SMILES string of the molecule is [CH]1C=CC(N2CCN(CC3CC3)CC2)=CC1. The van der Waals surface area contributed by atoms with E-state index in [1.165, 1.54) is 51.3 Å². The van der Waals surface area contributed by atoms with Crippen LogP contribution < -0.4 is 0 Å². The molecule has 0 unspecified atom stereocenters. The molecule has 3 rings (SSSR count). The van der Waals surface area contributed by atoms with Gasteiger partial charge in [0.05, 0.1) is 0 Å². The Balaban J connectivity index is 1.49. The Kier molecular flexibility index (Phi) is 3.00. The number of hydrogen-bond donors (Lipinski definition) is 0. The first kappa shape index (κ1) is 10.4. The summed E-state index contributed by atoms with van der Waals surface area (Å²) >= 11 is 0. The summed E-state index contributed by atoms with van der Waals surface area (Å²) in [6, 6.07) is 0. The molecule has 16 heavy (non-hydrogen) atoms. The molecular formula is C14H21N2. The lowest BCUT2D eigenvalue weighted by Gasteiger charge is -2.37. The van der Waals surface area contributed by atoms with Crippen LogP contribution in [0.3, 0.4) is 0 Å². The summed E-state index contributed by atoms with van der Waals surface area (Å²) in [5.41, 5.74) is 1.44. The van der Waals surface area contributed by atoms with Gasteiger partial charge in [-0.15, -0.1) is 0 Å². The molecule has 2 heteroatoms. The second kappa shape index (κ2) is 4.62. The smallest absolute Gasteiger partial charge is 0.0323 e. The van der Waals surface area contributed by atoms with Gasteiger partial charge in [0.25, 0.3) is 0 Å². The molecule has 0 aromatic rings. The van der Waals surface area contributed by atoms with Crippen LogP contribution in [-0.4, -0.2) is 42.5 Å². The molecule has 0 bridgehead atoms. The van der Waals surface area contributed by atoms with Crippen molar-refractivity contribution in [3.63, 3.8) is 0 Å². The zero-order valence-corrected chi connectivity index (χ0v) is 9.94. The molecule has 1 saturated heterocycles. The molecule has 1 saturated carbocycles. The summed E-state index contributed by atoms with van der Waals surface area (Å²) < 4.78 is 0. The summed E-state index contributed by atoms with van der Waals surface area (Å²) in [5, 5.41) is 0. The second-order valence-electron chi connectivity index (χ2n) is 5.19. The van der Waals surface area contributed by atoms with Crippen LogP contribution in [0.5, 0.6) is 0 Å². The van der Waals surface area contributed by atoms with Gasteiger partial charge in [0.2, 0.25) is 0 Å². The fraction of sp³-hybridized carbons (Fsp3) is 0.643. The Hall–Kier alpha value is -0.760. The monoisotopic (exact) mass is 217 g/mol. The van der Waals surface area contributed by atoms with Crippen molar-refractivity contribution in [2.24, 2.45) is 5.92 Å². The van der Waals surface area contributed by atoms with E-state index in [1.807, 2.05) is 0 Å². The maximum absolute atomic E-state index is 2.65. The van der Waals surface area contributed by atoms with E-state index in [2.05, 4.69) is 34.4 Å². The zero-order chi connectivity index (χ0) is 10.8. The van der Waals surface area contributed by atoms with Gasteiger partial charge in [-0.3, -0.25) is 4.90 Å². The van der Waals surface area contributed by atoms with Crippen LogP contribution in [-0.2, 0) is 0 Å². The predicted molar refractivity (Wildman–Crippen MR) is 66.9 cm³/mol. The number of rotatable bonds is 3. The van der Waals surface area contributed by atoms with Gasteiger partial charge in [0, 0.05) is 38.4 Å². The Morgan fingerprint density at radius 2 is 1.94 bits per heavy atom. The average Bonchev–Trinajstić information content (AvgIpc) is 3.15. The van der Waals surface area contributed by atoms with Crippen LogP contribution in [0.4, 0.5) is 0 Å². The van der Waals surface area contributed by atoms with E-state index >= 15 is 0 Å². The Morgan fingerprint density at radius 1 is 1.12 bits per heavy atom. The summed E-state index contributed by atoms with van der Waals surface area (Å²) in [5.74, 6) is 1.04. The Labute approximate surface area is 98.6 Å². The topological polar surface area (TPSA) is 6.48 Å². The first-order chi connectivity index (χ1) is 7.92. The highest BCUT2D eigenvalue weighted by Gasteiger charge is 2.26. The molecule has 0 aromatic carbocycles. The third-order valence-corrected chi connectivity index (χ3v) is 3.82. The maximum Gasteiger partial charge on any atom is 0.0323 e. The molecule has 3 aliphatic rings. The Bertz CT molecular complexity index is 294. The molecule has 0 N–H and O–H groups in total. The van der Waals surface area contributed by atoms with Gasteiger partial charge >= 0.3 is 0 Å². The Morgan fingerprint density at radius 3 is 2.56 bits per heavy atom. The quantitative estimate of drug-likeness (QED) is 0.714. The van der Waals surface area contributed by atoms with Crippen LogP contribution in [0.2, 0.25) is 0 Å². The van der Waals surface area contributed by atoms with Crippen molar-refractivity contribution in [2.45, 2.75) is 19.3 Å². The minimum Gasteiger partial charge on any atom is -0.369 e. The van der Waals surface area contributed by atoms with E-state index in [4.69, 9.17) is 0 Å². The molecule has 2 aliphatic carbocycles. The highest BCUT2D eigenvalue weighted by atomic mass is 15.3. The molecule has 0 amide bonds. The van der Waals surface area contributed by atoms with Crippen LogP contribution in [0.15, 0.2) is 23.9 Å². The molecule has 1 heterocycles. The van der Waals surface area contributed by atoms with Crippen molar-refractivity contribution in [1.29, 1.82) is 0 Å². The van der Waals surface area contributed by atoms with Crippen molar-refractivity contribution in [1.82, 2.24) is 9.80 Å². The minimum atomic E-state index is 1.04. The van der Waals surface area contributed by atoms with Gasteiger partial charge in [-0.25, -0.2) is 0 Å². The lowest BCUT2D eigenvalue weighted by Crippen LogP contribution is -2.46. The fourth-order valence-electron chi connectivity index (χ4n) is 2.59. The van der Waals surface area contributed by atoms with E-state index in [0.29, 0.717) is 0 Å². The first-order valence-electron chi connectivity index (χ1n) is 6.59. The van der Waals surface area contributed by atoms with Crippen molar-refractivity contribution >= 4 is 0 Å². The van der Waals surface area contributed by atoms with Gasteiger partial charge in [0.1, 0.15) is 0 Å². The third kappa shape index (κ3) is 2.49. The van der Waals surface area contributed by atoms with Crippen LogP contribution in [0.1, 0.15) is 19.3 Å². The maximum atomic E-state index is 2.65. The van der Waals surface area contributed by atoms with E-state index in [1.54, 1.807) is 0 Å². The molecule has 87 valence electrons. The number of piperazine rings is 1. The highest BCUT2D eigenvalue weighted by molar-refractivity contribution is 5.25. The van der Waals surface area contributed by atoms with Gasteiger partial charge in [-0.1, -0.05) is 12.2 Å². The van der Waals surface area contributed by atoms with Gasteiger partial charge in [-0.2, -0.15) is 0 Å². The standard InChI is InChI=1S/C14H21N2/c1-2-4-14(5-3-1)16-10-8-15(9-11-16)12-13-6-7-13/h1-2,4-5,13H,3,6-12H2. The van der Waals surface area contributed by atoms with Crippen molar-refractivity contribution < 1.29 is 0 Å².